The molecule has 0 spiro atoms. The lowest BCUT2D eigenvalue weighted by Crippen LogP contribution is -2.16. The highest BCUT2D eigenvalue weighted by Gasteiger charge is 2.12. The summed E-state index contributed by atoms with van der Waals surface area (Å²) < 4.78 is 10.7. The first kappa shape index (κ1) is 32.9. The van der Waals surface area contributed by atoms with Gasteiger partial charge >= 0.3 is 11.9 Å². The standard InChI is InChI=1S/C30H58O4/c1-4-6-8-10-12-13-14-15-16-17-18-19-21-23-27-33-29(31)25-26-30(32)34-28(3)24-22-20-11-9-7-5-2/h28H,4-27H2,1-3H3. The number of unbranched alkanes of at least 4 members (excludes halogenated alkanes) is 18. The quantitative estimate of drug-likeness (QED) is 0.0909. The molecule has 0 heterocycles. The van der Waals surface area contributed by atoms with Crippen LogP contribution in [-0.2, 0) is 19.1 Å². The van der Waals surface area contributed by atoms with Gasteiger partial charge in [0.15, 0.2) is 0 Å². The molecule has 0 aliphatic heterocycles. The highest BCUT2D eigenvalue weighted by molar-refractivity contribution is 5.77. The Kier molecular flexibility index (Phi) is 25.7. The van der Waals surface area contributed by atoms with Crippen LogP contribution < -0.4 is 0 Å². The minimum absolute atomic E-state index is 0.0646. The van der Waals surface area contributed by atoms with Gasteiger partial charge in [0.25, 0.3) is 0 Å². The Morgan fingerprint density at radius 2 is 0.912 bits per heavy atom. The number of esters is 2. The van der Waals surface area contributed by atoms with Crippen molar-refractivity contribution in [2.75, 3.05) is 6.61 Å². The molecule has 1 atom stereocenters. The second kappa shape index (κ2) is 26.5. The number of carbonyl (C=O) groups is 2. The molecule has 0 aliphatic rings. The largest absolute Gasteiger partial charge is 0.466 e. The summed E-state index contributed by atoms with van der Waals surface area (Å²) in [4.78, 5) is 23.7. The van der Waals surface area contributed by atoms with E-state index in [1.54, 1.807) is 0 Å². The molecule has 4 nitrogen and oxygen atoms in total. The third kappa shape index (κ3) is 25.6. The second-order valence-corrected chi connectivity index (χ2v) is 10.2. The van der Waals surface area contributed by atoms with Gasteiger partial charge in [0.1, 0.15) is 0 Å². The number of hydrogen-bond acceptors (Lipinski definition) is 4. The predicted molar refractivity (Wildman–Crippen MR) is 144 cm³/mol. The molecule has 34 heavy (non-hydrogen) atoms. The van der Waals surface area contributed by atoms with E-state index >= 15 is 0 Å². The number of rotatable bonds is 26. The molecule has 0 bridgehead atoms. The molecular weight excluding hydrogens is 424 g/mol. The molecular formula is C30H58O4. The third-order valence-electron chi connectivity index (χ3n) is 6.59. The van der Waals surface area contributed by atoms with Gasteiger partial charge in [0.05, 0.1) is 25.6 Å². The smallest absolute Gasteiger partial charge is 0.306 e. The molecule has 4 heteroatoms. The molecule has 0 saturated heterocycles. The number of carbonyl (C=O) groups excluding carboxylic acids is 2. The molecule has 0 rings (SSSR count). The maximum atomic E-state index is 11.9. The lowest BCUT2D eigenvalue weighted by atomic mass is 10.0. The van der Waals surface area contributed by atoms with Crippen LogP contribution in [0.2, 0.25) is 0 Å². The van der Waals surface area contributed by atoms with Gasteiger partial charge in [0.2, 0.25) is 0 Å². The summed E-state index contributed by atoms with van der Waals surface area (Å²) in [6.45, 7) is 6.91. The van der Waals surface area contributed by atoms with Crippen molar-refractivity contribution in [1.82, 2.24) is 0 Å². The van der Waals surface area contributed by atoms with Crippen molar-refractivity contribution in [3.8, 4) is 0 Å². The highest BCUT2D eigenvalue weighted by atomic mass is 16.5. The Hall–Kier alpha value is -1.06. The summed E-state index contributed by atoms with van der Waals surface area (Å²) in [5.74, 6) is -0.567. The normalized spacial score (nSPS) is 12.0. The lowest BCUT2D eigenvalue weighted by Gasteiger charge is -2.13. The average molecular weight is 483 g/mol. The summed E-state index contributed by atoms with van der Waals surface area (Å²) >= 11 is 0. The number of hydrogen-bond donors (Lipinski definition) is 0. The molecule has 0 aromatic carbocycles. The molecule has 202 valence electrons. The van der Waals surface area contributed by atoms with Crippen LogP contribution in [0.4, 0.5) is 0 Å². The van der Waals surface area contributed by atoms with Crippen LogP contribution in [-0.4, -0.2) is 24.6 Å². The maximum Gasteiger partial charge on any atom is 0.306 e. The van der Waals surface area contributed by atoms with E-state index in [0.717, 1.165) is 25.7 Å². The van der Waals surface area contributed by atoms with E-state index in [1.165, 1.54) is 109 Å². The van der Waals surface area contributed by atoms with Crippen molar-refractivity contribution in [2.45, 2.75) is 175 Å². The molecule has 0 aromatic rings. The molecule has 0 aliphatic carbocycles. The fourth-order valence-electron chi connectivity index (χ4n) is 4.31. The van der Waals surface area contributed by atoms with E-state index in [1.807, 2.05) is 6.92 Å². The molecule has 0 fully saturated rings. The van der Waals surface area contributed by atoms with Gasteiger partial charge in [-0.15, -0.1) is 0 Å². The van der Waals surface area contributed by atoms with Crippen LogP contribution >= 0.6 is 0 Å². The zero-order valence-corrected chi connectivity index (χ0v) is 23.2. The third-order valence-corrected chi connectivity index (χ3v) is 6.59. The van der Waals surface area contributed by atoms with Gasteiger partial charge in [-0.25, -0.2) is 0 Å². The van der Waals surface area contributed by atoms with Crippen molar-refractivity contribution in [3.63, 3.8) is 0 Å². The maximum absolute atomic E-state index is 11.9. The SMILES string of the molecule is CCCCCCCCCCCCCCCCOC(=O)CCC(=O)OC(C)CCCCCCCC. The van der Waals surface area contributed by atoms with Crippen LogP contribution in [0.1, 0.15) is 168 Å². The summed E-state index contributed by atoms with van der Waals surface area (Å²) in [6, 6.07) is 0. The Morgan fingerprint density at radius 1 is 0.529 bits per heavy atom. The van der Waals surface area contributed by atoms with Gasteiger partial charge in [-0.1, -0.05) is 129 Å². The van der Waals surface area contributed by atoms with E-state index in [2.05, 4.69) is 13.8 Å². The fourth-order valence-corrected chi connectivity index (χ4v) is 4.31. The molecule has 0 N–H and O–H groups in total. The monoisotopic (exact) mass is 482 g/mol. The minimum Gasteiger partial charge on any atom is -0.466 e. The van der Waals surface area contributed by atoms with Crippen molar-refractivity contribution in [3.05, 3.63) is 0 Å². The molecule has 0 aromatic heterocycles. The first-order chi connectivity index (χ1) is 16.6. The van der Waals surface area contributed by atoms with E-state index in [-0.39, 0.29) is 30.9 Å². The van der Waals surface area contributed by atoms with Crippen molar-refractivity contribution in [2.24, 2.45) is 0 Å². The van der Waals surface area contributed by atoms with Crippen LogP contribution in [0.5, 0.6) is 0 Å². The predicted octanol–water partition coefficient (Wildman–Crippen LogP) is 9.47. The Morgan fingerprint density at radius 3 is 1.38 bits per heavy atom. The minimum atomic E-state index is -0.285. The van der Waals surface area contributed by atoms with Crippen LogP contribution in [0.15, 0.2) is 0 Å². The summed E-state index contributed by atoms with van der Waals surface area (Å²) in [5.41, 5.74) is 0. The van der Waals surface area contributed by atoms with Gasteiger partial charge in [-0.05, 0) is 26.2 Å². The molecule has 1 unspecified atom stereocenters. The fraction of sp³-hybridized carbons (Fsp3) is 0.933. The van der Waals surface area contributed by atoms with Crippen LogP contribution in [0.3, 0.4) is 0 Å². The van der Waals surface area contributed by atoms with Gasteiger partial charge in [0, 0.05) is 0 Å². The first-order valence-corrected chi connectivity index (χ1v) is 14.9. The Labute approximate surface area is 212 Å². The van der Waals surface area contributed by atoms with E-state index < -0.39 is 0 Å². The zero-order valence-electron chi connectivity index (χ0n) is 23.2. The van der Waals surface area contributed by atoms with Gasteiger partial charge < -0.3 is 9.47 Å². The van der Waals surface area contributed by atoms with Crippen LogP contribution in [0.25, 0.3) is 0 Å². The second-order valence-electron chi connectivity index (χ2n) is 10.2. The average Bonchev–Trinajstić information content (AvgIpc) is 2.82. The van der Waals surface area contributed by atoms with Crippen LogP contribution in [0, 0.1) is 0 Å². The van der Waals surface area contributed by atoms with E-state index in [4.69, 9.17) is 9.47 Å². The lowest BCUT2D eigenvalue weighted by molar-refractivity contribution is -0.153. The summed E-state index contributed by atoms with van der Waals surface area (Å²) in [5, 5.41) is 0. The molecule has 0 radical (unpaired) electrons. The summed E-state index contributed by atoms with van der Waals surface area (Å²) in [6.07, 6.45) is 26.9. The molecule has 0 amide bonds. The zero-order chi connectivity index (χ0) is 25.1. The van der Waals surface area contributed by atoms with Gasteiger partial charge in [-0.3, -0.25) is 9.59 Å². The van der Waals surface area contributed by atoms with E-state index in [9.17, 15) is 9.59 Å². The van der Waals surface area contributed by atoms with Crippen molar-refractivity contribution >= 4 is 11.9 Å². The summed E-state index contributed by atoms with van der Waals surface area (Å²) in [7, 11) is 0. The van der Waals surface area contributed by atoms with E-state index in [0.29, 0.717) is 6.61 Å². The number of ether oxygens (including phenoxy) is 2. The topological polar surface area (TPSA) is 52.6 Å². The van der Waals surface area contributed by atoms with Gasteiger partial charge in [-0.2, -0.15) is 0 Å². The van der Waals surface area contributed by atoms with Crippen molar-refractivity contribution < 1.29 is 19.1 Å². The Balaban J connectivity index is 3.38. The first-order valence-electron chi connectivity index (χ1n) is 14.9. The van der Waals surface area contributed by atoms with Crippen molar-refractivity contribution in [1.29, 1.82) is 0 Å². The highest BCUT2D eigenvalue weighted by Crippen LogP contribution is 2.13. The Bertz CT molecular complexity index is 449. The molecule has 0 saturated carbocycles.